The predicted octanol–water partition coefficient (Wildman–Crippen LogP) is 4.45. The Kier molecular flexibility index (Phi) is 6.79. The summed E-state index contributed by atoms with van der Waals surface area (Å²) in [5.41, 5.74) is 3.01. The van der Waals surface area contributed by atoms with E-state index in [2.05, 4.69) is 33.6 Å². The van der Waals surface area contributed by atoms with Crippen LogP contribution in [0.4, 0.5) is 0 Å². The fraction of sp³-hybridized carbons (Fsp3) is 0.227. The standard InChI is InChI=1S/C22H22N4O3S/c1-27-14-12-26-21(23-24-22(26)30-16-18-11-13-29-25-18)15-28-20-10-6-5-9-19(20)17-7-3-2-4-8-17/h2-11,13H,12,14-16H2,1H3. The van der Waals surface area contributed by atoms with Crippen molar-refractivity contribution in [2.75, 3.05) is 13.7 Å². The summed E-state index contributed by atoms with van der Waals surface area (Å²) in [5, 5.41) is 13.4. The second-order valence-corrected chi connectivity index (χ2v) is 7.42. The minimum Gasteiger partial charge on any atom is -0.485 e. The predicted molar refractivity (Wildman–Crippen MR) is 114 cm³/mol. The Hall–Kier alpha value is -3.10. The van der Waals surface area contributed by atoms with Crippen LogP contribution in [0.2, 0.25) is 0 Å². The Morgan fingerprint density at radius 2 is 1.83 bits per heavy atom. The highest BCUT2D eigenvalue weighted by molar-refractivity contribution is 7.98. The lowest BCUT2D eigenvalue weighted by Gasteiger charge is -2.13. The average Bonchev–Trinajstić information content (AvgIpc) is 3.45. The average molecular weight is 423 g/mol. The molecule has 30 heavy (non-hydrogen) atoms. The van der Waals surface area contributed by atoms with Crippen molar-refractivity contribution in [3.05, 3.63) is 78.4 Å². The van der Waals surface area contributed by atoms with Gasteiger partial charge >= 0.3 is 0 Å². The van der Waals surface area contributed by atoms with Crippen molar-refractivity contribution in [2.24, 2.45) is 0 Å². The largest absolute Gasteiger partial charge is 0.485 e. The van der Waals surface area contributed by atoms with E-state index in [1.54, 1.807) is 25.1 Å². The first-order valence-corrected chi connectivity index (χ1v) is 10.5. The van der Waals surface area contributed by atoms with E-state index < -0.39 is 0 Å². The van der Waals surface area contributed by atoms with Crippen LogP contribution in [0.3, 0.4) is 0 Å². The van der Waals surface area contributed by atoms with Gasteiger partial charge in [-0.25, -0.2) is 0 Å². The van der Waals surface area contributed by atoms with Gasteiger partial charge in [-0.1, -0.05) is 65.4 Å². The number of aromatic nitrogens is 4. The maximum absolute atomic E-state index is 6.16. The third-order valence-corrected chi connectivity index (χ3v) is 5.48. The Balaban J connectivity index is 1.51. The van der Waals surface area contributed by atoms with Gasteiger partial charge in [0.15, 0.2) is 11.0 Å². The van der Waals surface area contributed by atoms with Gasteiger partial charge in [0.1, 0.15) is 18.6 Å². The first kappa shape index (κ1) is 20.2. The van der Waals surface area contributed by atoms with Gasteiger partial charge in [0.25, 0.3) is 0 Å². The zero-order valence-electron chi connectivity index (χ0n) is 16.6. The molecule has 0 N–H and O–H groups in total. The normalized spacial score (nSPS) is 11.0. The van der Waals surface area contributed by atoms with Crippen LogP contribution in [0.25, 0.3) is 11.1 Å². The van der Waals surface area contributed by atoms with Crippen LogP contribution >= 0.6 is 11.8 Å². The summed E-state index contributed by atoms with van der Waals surface area (Å²) in [6, 6.07) is 20.0. The van der Waals surface area contributed by atoms with Gasteiger partial charge in [0.05, 0.1) is 12.3 Å². The summed E-state index contributed by atoms with van der Waals surface area (Å²) in [5.74, 6) is 2.21. The van der Waals surface area contributed by atoms with Crippen molar-refractivity contribution in [1.82, 2.24) is 19.9 Å². The summed E-state index contributed by atoms with van der Waals surface area (Å²) in [6.45, 7) is 1.51. The maximum Gasteiger partial charge on any atom is 0.191 e. The summed E-state index contributed by atoms with van der Waals surface area (Å²) in [7, 11) is 1.68. The van der Waals surface area contributed by atoms with Gasteiger partial charge in [-0.05, 0) is 11.6 Å². The zero-order chi connectivity index (χ0) is 20.6. The Bertz CT molecular complexity index is 1050. The van der Waals surface area contributed by atoms with E-state index in [0.717, 1.165) is 33.6 Å². The molecule has 0 atom stereocenters. The maximum atomic E-state index is 6.16. The Morgan fingerprint density at radius 1 is 1.00 bits per heavy atom. The van der Waals surface area contributed by atoms with Crippen molar-refractivity contribution in [1.29, 1.82) is 0 Å². The number of para-hydroxylation sites is 1. The van der Waals surface area contributed by atoms with E-state index in [9.17, 15) is 0 Å². The van der Waals surface area contributed by atoms with Crippen LogP contribution in [-0.4, -0.2) is 33.6 Å². The molecule has 0 spiro atoms. The van der Waals surface area contributed by atoms with Crippen LogP contribution in [-0.2, 0) is 23.6 Å². The van der Waals surface area contributed by atoms with Crippen LogP contribution in [0, 0.1) is 0 Å². The lowest BCUT2D eigenvalue weighted by atomic mass is 10.1. The summed E-state index contributed by atoms with van der Waals surface area (Å²) >= 11 is 1.55. The Morgan fingerprint density at radius 3 is 2.63 bits per heavy atom. The fourth-order valence-electron chi connectivity index (χ4n) is 2.98. The second kappa shape index (κ2) is 10.1. The molecule has 154 valence electrons. The molecule has 0 saturated carbocycles. The lowest BCUT2D eigenvalue weighted by molar-refractivity contribution is 0.181. The van der Waals surface area contributed by atoms with E-state index in [1.807, 2.05) is 47.0 Å². The van der Waals surface area contributed by atoms with Gasteiger partial charge in [0.2, 0.25) is 0 Å². The highest BCUT2D eigenvalue weighted by Crippen LogP contribution is 2.30. The number of thioether (sulfide) groups is 1. The van der Waals surface area contributed by atoms with Crippen LogP contribution in [0.15, 0.2) is 76.6 Å². The van der Waals surface area contributed by atoms with Crippen LogP contribution < -0.4 is 4.74 Å². The third-order valence-electron chi connectivity index (χ3n) is 4.48. The summed E-state index contributed by atoms with van der Waals surface area (Å²) in [4.78, 5) is 0. The van der Waals surface area contributed by atoms with Crippen LogP contribution in [0.5, 0.6) is 5.75 Å². The van der Waals surface area contributed by atoms with Crippen molar-refractivity contribution in [2.45, 2.75) is 24.1 Å². The van der Waals surface area contributed by atoms with E-state index in [4.69, 9.17) is 14.0 Å². The summed E-state index contributed by atoms with van der Waals surface area (Å²) < 4.78 is 18.3. The van der Waals surface area contributed by atoms with Gasteiger partial charge in [-0.3, -0.25) is 0 Å². The number of hydrogen-bond donors (Lipinski definition) is 0. The number of ether oxygens (including phenoxy) is 2. The van der Waals surface area contributed by atoms with E-state index in [-0.39, 0.29) is 0 Å². The molecule has 4 rings (SSSR count). The zero-order valence-corrected chi connectivity index (χ0v) is 17.4. The molecular weight excluding hydrogens is 400 g/mol. The number of nitrogens with zero attached hydrogens (tertiary/aromatic N) is 4. The third kappa shape index (κ3) is 4.90. The fourth-order valence-corrected chi connectivity index (χ4v) is 3.86. The molecule has 0 bridgehead atoms. The SMILES string of the molecule is COCCn1c(COc2ccccc2-c2ccccc2)nnc1SCc1ccon1. The molecule has 0 aliphatic heterocycles. The monoisotopic (exact) mass is 422 g/mol. The number of methoxy groups -OCH3 is 1. The number of rotatable bonds is 10. The number of benzene rings is 2. The molecular formula is C22H22N4O3S. The van der Waals surface area contributed by atoms with E-state index in [0.29, 0.717) is 25.5 Å². The topological polar surface area (TPSA) is 75.2 Å². The molecule has 0 unspecified atom stereocenters. The highest BCUT2D eigenvalue weighted by Gasteiger charge is 2.15. The van der Waals surface area contributed by atoms with Gasteiger partial charge < -0.3 is 18.6 Å². The minimum absolute atomic E-state index is 0.311. The molecule has 2 aromatic carbocycles. The molecule has 4 aromatic rings. The van der Waals surface area contributed by atoms with Crippen molar-refractivity contribution in [3.8, 4) is 16.9 Å². The van der Waals surface area contributed by atoms with Crippen molar-refractivity contribution in [3.63, 3.8) is 0 Å². The molecule has 2 heterocycles. The Labute approximate surface area is 179 Å². The van der Waals surface area contributed by atoms with Crippen LogP contribution in [0.1, 0.15) is 11.5 Å². The first-order valence-electron chi connectivity index (χ1n) is 9.55. The molecule has 2 aromatic heterocycles. The summed E-state index contributed by atoms with van der Waals surface area (Å²) in [6.07, 6.45) is 1.56. The molecule has 0 fully saturated rings. The minimum atomic E-state index is 0.311. The first-order chi connectivity index (χ1) is 14.8. The molecule has 0 radical (unpaired) electrons. The van der Waals surface area contributed by atoms with Gasteiger partial charge in [0, 0.05) is 31.0 Å². The van der Waals surface area contributed by atoms with E-state index >= 15 is 0 Å². The quantitative estimate of drug-likeness (QED) is 0.350. The molecule has 0 saturated heterocycles. The van der Waals surface area contributed by atoms with E-state index in [1.165, 1.54) is 0 Å². The molecule has 0 amide bonds. The second-order valence-electron chi connectivity index (χ2n) is 6.47. The number of hydrogen-bond acceptors (Lipinski definition) is 7. The highest BCUT2D eigenvalue weighted by atomic mass is 32.2. The molecule has 0 aliphatic rings. The smallest absolute Gasteiger partial charge is 0.191 e. The molecule has 8 heteroatoms. The van der Waals surface area contributed by atoms with Crippen molar-refractivity contribution >= 4 is 11.8 Å². The molecule has 0 aliphatic carbocycles. The van der Waals surface area contributed by atoms with Crippen molar-refractivity contribution < 1.29 is 14.0 Å². The molecule has 7 nitrogen and oxygen atoms in total. The van der Waals surface area contributed by atoms with Gasteiger partial charge in [-0.15, -0.1) is 10.2 Å². The lowest BCUT2D eigenvalue weighted by Crippen LogP contribution is -2.12. The van der Waals surface area contributed by atoms with Gasteiger partial charge in [-0.2, -0.15) is 0 Å².